The summed E-state index contributed by atoms with van der Waals surface area (Å²) >= 11 is 0. The summed E-state index contributed by atoms with van der Waals surface area (Å²) in [7, 11) is 3.27. The summed E-state index contributed by atoms with van der Waals surface area (Å²) in [4.78, 5) is 27.3. The van der Waals surface area contributed by atoms with Gasteiger partial charge in [-0.2, -0.15) is 0 Å². The first-order valence-corrected chi connectivity index (χ1v) is 16.8. The lowest BCUT2D eigenvalue weighted by atomic mass is 9.80. The molecule has 0 aliphatic carbocycles. The molecule has 0 saturated carbocycles. The molecule has 0 unspecified atom stereocenters. The summed E-state index contributed by atoms with van der Waals surface area (Å²) in [6.07, 6.45) is 1.87. The molecule has 4 aromatic carbocycles. The number of carbonyl (C=O) groups excluding carboxylic acids is 2. The maximum Gasteiger partial charge on any atom is 0.407 e. The van der Waals surface area contributed by atoms with E-state index in [1.807, 2.05) is 109 Å². The zero-order chi connectivity index (χ0) is 34.5. The van der Waals surface area contributed by atoms with E-state index in [-0.39, 0.29) is 31.7 Å². The number of nitrogens with zero attached hydrogens (tertiary/aromatic N) is 1. The number of hydrogen-bond donors (Lipinski definition) is 2. The van der Waals surface area contributed by atoms with Gasteiger partial charge in [0.15, 0.2) is 0 Å². The number of amides is 2. The molecule has 2 atom stereocenters. The van der Waals surface area contributed by atoms with Crippen molar-refractivity contribution in [3.8, 4) is 11.5 Å². The lowest BCUT2D eigenvalue weighted by Crippen LogP contribution is -2.42. The third-order valence-corrected chi connectivity index (χ3v) is 8.93. The molecule has 9 nitrogen and oxygen atoms in total. The van der Waals surface area contributed by atoms with Crippen molar-refractivity contribution in [2.24, 2.45) is 0 Å². The maximum absolute atomic E-state index is 13.5. The molecule has 1 heterocycles. The van der Waals surface area contributed by atoms with E-state index in [1.54, 1.807) is 19.1 Å². The zero-order valence-corrected chi connectivity index (χ0v) is 28.3. The Labute approximate surface area is 288 Å². The van der Waals surface area contributed by atoms with E-state index in [2.05, 4.69) is 5.32 Å². The van der Waals surface area contributed by atoms with Crippen molar-refractivity contribution in [1.29, 1.82) is 0 Å². The Morgan fingerprint density at radius 1 is 0.776 bits per heavy atom. The molecule has 2 amide bonds. The Bertz CT molecular complexity index is 1550. The van der Waals surface area contributed by atoms with E-state index in [0.717, 1.165) is 46.6 Å². The van der Waals surface area contributed by atoms with Crippen molar-refractivity contribution < 1.29 is 33.6 Å². The molecule has 4 aromatic rings. The molecule has 0 bridgehead atoms. The van der Waals surface area contributed by atoms with Gasteiger partial charge in [-0.25, -0.2) is 4.79 Å². The molecule has 49 heavy (non-hydrogen) atoms. The standard InChI is InChI=1S/C40H46N2O7/c1-46-36-21-17-32(18-22-36)40(31-14-8-4-9-15-31,33-19-23-37(47-2)24-20-33)49-29-34-26-35(43)27-42(34)38(44)16-10-5-11-25-41-39(45)48-28-30-12-6-3-7-13-30/h3-4,6-9,12-15,17-24,34-35,43H,5,10-11,16,25-29H2,1-2H3,(H,41,45)/t34-,35+/m0/s1. The highest BCUT2D eigenvalue weighted by Gasteiger charge is 2.41. The van der Waals surface area contributed by atoms with Gasteiger partial charge in [0.25, 0.3) is 0 Å². The Morgan fingerprint density at radius 2 is 1.35 bits per heavy atom. The summed E-state index contributed by atoms with van der Waals surface area (Å²) in [5.74, 6) is 1.45. The van der Waals surface area contributed by atoms with Gasteiger partial charge in [0, 0.05) is 19.5 Å². The SMILES string of the molecule is COc1ccc(C(OC[C@@H]2C[C@@H](O)CN2C(=O)CCCCCNC(=O)OCc2ccccc2)(c2ccccc2)c2ccc(OC)cc2)cc1. The molecule has 1 saturated heterocycles. The number of carbonyl (C=O) groups is 2. The van der Waals surface area contributed by atoms with Crippen LogP contribution in [0.1, 0.15) is 54.4 Å². The molecule has 1 aliphatic heterocycles. The maximum atomic E-state index is 13.5. The number of benzene rings is 4. The first-order chi connectivity index (χ1) is 23.9. The van der Waals surface area contributed by atoms with Gasteiger partial charge in [-0.15, -0.1) is 0 Å². The Balaban J connectivity index is 1.23. The lowest BCUT2D eigenvalue weighted by molar-refractivity contribution is -0.134. The number of methoxy groups -OCH3 is 2. The second kappa shape index (κ2) is 17.5. The third-order valence-electron chi connectivity index (χ3n) is 8.93. The molecule has 1 aliphatic rings. The molecule has 5 rings (SSSR count). The van der Waals surface area contributed by atoms with Crippen LogP contribution in [0.2, 0.25) is 0 Å². The van der Waals surface area contributed by atoms with Crippen LogP contribution in [0.15, 0.2) is 109 Å². The first kappa shape index (κ1) is 35.4. The van der Waals surface area contributed by atoms with E-state index in [1.165, 1.54) is 0 Å². The van der Waals surface area contributed by atoms with E-state index >= 15 is 0 Å². The van der Waals surface area contributed by atoms with Crippen LogP contribution >= 0.6 is 0 Å². The average Bonchev–Trinajstić information content (AvgIpc) is 3.54. The van der Waals surface area contributed by atoms with Crippen LogP contribution < -0.4 is 14.8 Å². The quantitative estimate of drug-likeness (QED) is 0.104. The summed E-state index contributed by atoms with van der Waals surface area (Å²) < 4.78 is 23.2. The van der Waals surface area contributed by atoms with Crippen molar-refractivity contribution in [3.05, 3.63) is 131 Å². The lowest BCUT2D eigenvalue weighted by Gasteiger charge is -2.38. The van der Waals surface area contributed by atoms with Crippen molar-refractivity contribution in [3.63, 3.8) is 0 Å². The second-order valence-corrected chi connectivity index (χ2v) is 12.2. The Morgan fingerprint density at radius 3 is 1.94 bits per heavy atom. The fraction of sp³-hybridized carbons (Fsp3) is 0.350. The van der Waals surface area contributed by atoms with Crippen LogP contribution in [-0.4, -0.2) is 68.1 Å². The van der Waals surface area contributed by atoms with E-state index in [9.17, 15) is 14.7 Å². The minimum Gasteiger partial charge on any atom is -0.497 e. The largest absolute Gasteiger partial charge is 0.497 e. The van der Waals surface area contributed by atoms with Gasteiger partial charge < -0.3 is 34.3 Å². The molecule has 0 spiro atoms. The highest BCUT2D eigenvalue weighted by molar-refractivity contribution is 5.77. The van der Waals surface area contributed by atoms with Gasteiger partial charge >= 0.3 is 6.09 Å². The summed E-state index contributed by atoms with van der Waals surface area (Å²) in [5, 5.41) is 13.5. The van der Waals surface area contributed by atoms with Gasteiger partial charge in [-0.1, -0.05) is 91.3 Å². The van der Waals surface area contributed by atoms with E-state index in [4.69, 9.17) is 18.9 Å². The summed E-state index contributed by atoms with van der Waals surface area (Å²) in [6, 6.07) is 34.9. The zero-order valence-electron chi connectivity index (χ0n) is 28.3. The van der Waals surface area contributed by atoms with Crippen LogP contribution in [0.4, 0.5) is 4.79 Å². The number of nitrogens with one attached hydrogen (secondary N) is 1. The number of rotatable bonds is 16. The number of unbranched alkanes of at least 4 members (excludes halogenated alkanes) is 2. The molecule has 2 N–H and O–H groups in total. The van der Waals surface area contributed by atoms with Crippen molar-refractivity contribution in [2.75, 3.05) is 33.9 Å². The van der Waals surface area contributed by atoms with Gasteiger partial charge in [-0.3, -0.25) is 4.79 Å². The molecule has 0 radical (unpaired) electrons. The number of aliphatic hydroxyl groups excluding tert-OH is 1. The number of ether oxygens (including phenoxy) is 4. The Kier molecular flexibility index (Phi) is 12.7. The van der Waals surface area contributed by atoms with E-state index in [0.29, 0.717) is 25.8 Å². The van der Waals surface area contributed by atoms with Crippen LogP contribution in [-0.2, 0) is 26.5 Å². The van der Waals surface area contributed by atoms with Crippen LogP contribution in [0.3, 0.4) is 0 Å². The van der Waals surface area contributed by atoms with Crippen molar-refractivity contribution in [2.45, 2.75) is 56.5 Å². The highest BCUT2D eigenvalue weighted by atomic mass is 16.5. The van der Waals surface area contributed by atoms with Gasteiger partial charge in [0.2, 0.25) is 5.91 Å². The fourth-order valence-corrected chi connectivity index (χ4v) is 6.34. The average molecular weight is 667 g/mol. The molecule has 1 fully saturated rings. The monoisotopic (exact) mass is 666 g/mol. The molecule has 258 valence electrons. The molecule has 0 aromatic heterocycles. The second-order valence-electron chi connectivity index (χ2n) is 12.2. The topological polar surface area (TPSA) is 107 Å². The predicted octanol–water partition coefficient (Wildman–Crippen LogP) is 6.46. The Hall–Kier alpha value is -4.86. The molecular formula is C40H46N2O7. The van der Waals surface area contributed by atoms with Gasteiger partial charge in [0.05, 0.1) is 33.0 Å². The van der Waals surface area contributed by atoms with Crippen molar-refractivity contribution in [1.82, 2.24) is 10.2 Å². The third kappa shape index (κ3) is 9.19. The van der Waals surface area contributed by atoms with E-state index < -0.39 is 17.8 Å². The summed E-state index contributed by atoms with van der Waals surface area (Å²) in [6.45, 7) is 1.18. The highest BCUT2D eigenvalue weighted by Crippen LogP contribution is 2.42. The number of alkyl carbamates (subject to hydrolysis) is 1. The normalized spacial score (nSPS) is 15.9. The van der Waals surface area contributed by atoms with Crippen molar-refractivity contribution >= 4 is 12.0 Å². The number of aliphatic hydroxyl groups is 1. The first-order valence-electron chi connectivity index (χ1n) is 16.8. The number of β-amino-alcohol motifs (C(OH)–C–C–N with tert-alkyl or cyclic N) is 1. The minimum absolute atomic E-state index is 0.0143. The van der Waals surface area contributed by atoms with Crippen LogP contribution in [0.25, 0.3) is 0 Å². The predicted molar refractivity (Wildman–Crippen MR) is 187 cm³/mol. The van der Waals surface area contributed by atoms with Crippen LogP contribution in [0.5, 0.6) is 11.5 Å². The fourth-order valence-electron chi connectivity index (χ4n) is 6.34. The minimum atomic E-state index is -1.02. The number of hydrogen-bond acceptors (Lipinski definition) is 7. The molecular weight excluding hydrogens is 620 g/mol. The smallest absolute Gasteiger partial charge is 0.407 e. The summed E-state index contributed by atoms with van der Waals surface area (Å²) in [5.41, 5.74) is 2.65. The van der Waals surface area contributed by atoms with Gasteiger partial charge in [-0.05, 0) is 65.8 Å². The van der Waals surface area contributed by atoms with Crippen LogP contribution in [0, 0.1) is 0 Å². The van der Waals surface area contributed by atoms with Gasteiger partial charge in [0.1, 0.15) is 23.7 Å². The number of likely N-dealkylation sites (tertiary alicyclic amines) is 1. The molecule has 9 heteroatoms.